The molecule has 0 unspecified atom stereocenters. The Hall–Kier alpha value is -1.55. The van der Waals surface area contributed by atoms with Crippen molar-refractivity contribution in [3.8, 4) is 0 Å². The quantitative estimate of drug-likeness (QED) is 0.876. The van der Waals surface area contributed by atoms with Gasteiger partial charge in [0.1, 0.15) is 0 Å². The summed E-state index contributed by atoms with van der Waals surface area (Å²) in [6, 6.07) is 6.82. The number of halogens is 1. The highest BCUT2D eigenvalue weighted by molar-refractivity contribution is 6.30. The van der Waals surface area contributed by atoms with Crippen LogP contribution >= 0.6 is 11.6 Å². The summed E-state index contributed by atoms with van der Waals surface area (Å²) in [6.45, 7) is 2.03. The lowest BCUT2D eigenvalue weighted by Gasteiger charge is -2.06. The Morgan fingerprint density at radius 1 is 1.33 bits per heavy atom. The van der Waals surface area contributed by atoms with Crippen molar-refractivity contribution in [1.29, 1.82) is 0 Å². The van der Waals surface area contributed by atoms with E-state index in [1.807, 2.05) is 6.92 Å². The highest BCUT2D eigenvalue weighted by Crippen LogP contribution is 2.37. The second kappa shape index (κ2) is 5.40. The zero-order chi connectivity index (χ0) is 13.1. The highest BCUT2D eigenvalue weighted by atomic mass is 35.5. The fourth-order valence-electron chi connectivity index (χ4n) is 1.72. The molecule has 2 atom stereocenters. The number of hydrogen-bond acceptors (Lipinski definition) is 2. The predicted molar refractivity (Wildman–Crippen MR) is 70.4 cm³/mol. The highest BCUT2D eigenvalue weighted by Gasteiger charge is 2.38. The van der Waals surface area contributed by atoms with Crippen LogP contribution in [0.5, 0.6) is 0 Å². The first-order valence-electron chi connectivity index (χ1n) is 5.89. The van der Waals surface area contributed by atoms with Crippen LogP contribution in [0.4, 0.5) is 5.69 Å². The summed E-state index contributed by atoms with van der Waals surface area (Å²) in [7, 11) is 0. The number of anilines is 1. The van der Waals surface area contributed by atoms with Crippen LogP contribution in [0, 0.1) is 11.8 Å². The number of benzene rings is 1. The number of nitrogens with one attached hydrogen (secondary N) is 2. The normalized spacial score (nSPS) is 21.2. The molecule has 1 aliphatic rings. The third-order valence-electron chi connectivity index (χ3n) is 3.00. The van der Waals surface area contributed by atoms with Crippen LogP contribution in [0.3, 0.4) is 0 Å². The molecule has 1 aromatic rings. The molecule has 0 heterocycles. The number of carbonyl (C=O) groups excluding carboxylic acids is 2. The van der Waals surface area contributed by atoms with Gasteiger partial charge in [0, 0.05) is 16.6 Å². The predicted octanol–water partition coefficient (Wildman–Crippen LogP) is 2.05. The van der Waals surface area contributed by atoms with E-state index in [1.54, 1.807) is 24.3 Å². The monoisotopic (exact) mass is 266 g/mol. The van der Waals surface area contributed by atoms with Gasteiger partial charge in [-0.15, -0.1) is 0 Å². The minimum Gasteiger partial charge on any atom is -0.347 e. The van der Waals surface area contributed by atoms with E-state index in [0.29, 0.717) is 16.6 Å². The molecular formula is C13H15ClN2O2. The van der Waals surface area contributed by atoms with Gasteiger partial charge >= 0.3 is 0 Å². The van der Waals surface area contributed by atoms with E-state index in [2.05, 4.69) is 10.6 Å². The second-order valence-corrected chi connectivity index (χ2v) is 5.03. The number of hydrogen-bond donors (Lipinski definition) is 2. The molecule has 0 saturated heterocycles. The van der Waals surface area contributed by atoms with Gasteiger partial charge in [-0.1, -0.05) is 18.5 Å². The van der Waals surface area contributed by atoms with E-state index in [9.17, 15) is 9.59 Å². The van der Waals surface area contributed by atoms with Crippen LogP contribution < -0.4 is 10.6 Å². The average molecular weight is 267 g/mol. The van der Waals surface area contributed by atoms with Gasteiger partial charge in [-0.3, -0.25) is 9.59 Å². The Labute approximate surface area is 111 Å². The largest absolute Gasteiger partial charge is 0.347 e. The molecule has 2 rings (SSSR count). The molecule has 5 heteroatoms. The lowest BCUT2D eigenvalue weighted by atomic mass is 10.3. The van der Waals surface area contributed by atoms with Gasteiger partial charge in [0.2, 0.25) is 11.8 Å². The van der Waals surface area contributed by atoms with Crippen LogP contribution in [0.15, 0.2) is 24.3 Å². The first kappa shape index (κ1) is 12.9. The van der Waals surface area contributed by atoms with Crippen LogP contribution in [-0.4, -0.2) is 18.4 Å². The van der Waals surface area contributed by atoms with Gasteiger partial charge in [-0.25, -0.2) is 0 Å². The molecule has 96 valence electrons. The minimum absolute atomic E-state index is 0.00464. The SMILES string of the molecule is C[C@H]1C[C@H]1C(=O)NCC(=O)Nc1ccc(Cl)cc1. The Balaban J connectivity index is 1.75. The first-order valence-corrected chi connectivity index (χ1v) is 6.27. The molecule has 1 aliphatic carbocycles. The maximum Gasteiger partial charge on any atom is 0.243 e. The van der Waals surface area contributed by atoms with Crippen LogP contribution in [0.25, 0.3) is 0 Å². The Kier molecular flexibility index (Phi) is 3.87. The van der Waals surface area contributed by atoms with Crippen molar-refractivity contribution in [2.75, 3.05) is 11.9 Å². The van der Waals surface area contributed by atoms with Crippen LogP contribution in [0.1, 0.15) is 13.3 Å². The molecule has 2 N–H and O–H groups in total. The molecule has 4 nitrogen and oxygen atoms in total. The maximum absolute atomic E-state index is 11.6. The maximum atomic E-state index is 11.6. The van der Waals surface area contributed by atoms with Crippen LogP contribution in [-0.2, 0) is 9.59 Å². The average Bonchev–Trinajstić information content (AvgIpc) is 3.06. The second-order valence-electron chi connectivity index (χ2n) is 4.59. The molecule has 0 radical (unpaired) electrons. The third kappa shape index (κ3) is 3.47. The van der Waals surface area contributed by atoms with Crippen molar-refractivity contribution < 1.29 is 9.59 Å². The van der Waals surface area contributed by atoms with Crippen molar-refractivity contribution in [3.63, 3.8) is 0 Å². The number of carbonyl (C=O) groups is 2. The van der Waals surface area contributed by atoms with Crippen molar-refractivity contribution in [1.82, 2.24) is 5.32 Å². The zero-order valence-corrected chi connectivity index (χ0v) is 10.8. The Morgan fingerprint density at radius 3 is 2.50 bits per heavy atom. The molecule has 1 fully saturated rings. The lowest BCUT2D eigenvalue weighted by Crippen LogP contribution is -2.34. The summed E-state index contributed by atoms with van der Waals surface area (Å²) in [5.74, 6) is 0.269. The molecule has 2 amide bonds. The Morgan fingerprint density at radius 2 is 1.94 bits per heavy atom. The number of rotatable bonds is 4. The smallest absolute Gasteiger partial charge is 0.243 e. The van der Waals surface area contributed by atoms with E-state index in [-0.39, 0.29) is 24.3 Å². The molecular weight excluding hydrogens is 252 g/mol. The summed E-state index contributed by atoms with van der Waals surface area (Å²) in [5, 5.41) is 5.93. The fraction of sp³-hybridized carbons (Fsp3) is 0.385. The van der Waals surface area contributed by atoms with Gasteiger partial charge in [0.15, 0.2) is 0 Å². The van der Waals surface area contributed by atoms with Gasteiger partial charge in [0.25, 0.3) is 0 Å². The standard InChI is InChI=1S/C13H15ClN2O2/c1-8-6-11(8)13(18)15-7-12(17)16-10-4-2-9(14)3-5-10/h2-5,8,11H,6-7H2,1H3,(H,15,18)(H,16,17)/t8-,11+/m0/s1. The van der Waals surface area contributed by atoms with Crippen molar-refractivity contribution in [3.05, 3.63) is 29.3 Å². The third-order valence-corrected chi connectivity index (χ3v) is 3.25. The number of amides is 2. The van der Waals surface area contributed by atoms with E-state index >= 15 is 0 Å². The summed E-state index contributed by atoms with van der Waals surface area (Å²) in [5.41, 5.74) is 0.665. The van der Waals surface area contributed by atoms with Gasteiger partial charge in [-0.2, -0.15) is 0 Å². The van der Waals surface area contributed by atoms with Crippen molar-refractivity contribution >= 4 is 29.1 Å². The summed E-state index contributed by atoms with van der Waals surface area (Å²) < 4.78 is 0. The molecule has 1 aromatic carbocycles. The topological polar surface area (TPSA) is 58.2 Å². The molecule has 0 aliphatic heterocycles. The summed E-state index contributed by atoms with van der Waals surface area (Å²) in [4.78, 5) is 23.1. The van der Waals surface area contributed by atoms with Crippen LogP contribution in [0.2, 0.25) is 5.02 Å². The minimum atomic E-state index is -0.237. The van der Waals surface area contributed by atoms with Gasteiger partial charge < -0.3 is 10.6 Å². The van der Waals surface area contributed by atoms with E-state index in [0.717, 1.165) is 6.42 Å². The first-order chi connectivity index (χ1) is 8.56. The van der Waals surface area contributed by atoms with Crippen molar-refractivity contribution in [2.45, 2.75) is 13.3 Å². The van der Waals surface area contributed by atoms with E-state index < -0.39 is 0 Å². The zero-order valence-electron chi connectivity index (χ0n) is 10.1. The van der Waals surface area contributed by atoms with Gasteiger partial charge in [-0.05, 0) is 36.6 Å². The van der Waals surface area contributed by atoms with E-state index in [4.69, 9.17) is 11.6 Å². The summed E-state index contributed by atoms with van der Waals surface area (Å²) in [6.07, 6.45) is 0.921. The van der Waals surface area contributed by atoms with Crippen molar-refractivity contribution in [2.24, 2.45) is 11.8 Å². The fourth-order valence-corrected chi connectivity index (χ4v) is 1.85. The summed E-state index contributed by atoms with van der Waals surface area (Å²) >= 11 is 5.74. The Bertz CT molecular complexity index is 459. The molecule has 18 heavy (non-hydrogen) atoms. The molecule has 0 aromatic heterocycles. The lowest BCUT2D eigenvalue weighted by molar-refractivity contribution is -0.125. The molecule has 0 spiro atoms. The van der Waals surface area contributed by atoms with E-state index in [1.165, 1.54) is 0 Å². The van der Waals surface area contributed by atoms with Gasteiger partial charge in [0.05, 0.1) is 6.54 Å². The molecule has 1 saturated carbocycles. The molecule has 0 bridgehead atoms.